The molecule has 1 nitrogen and oxygen atoms in total. The second kappa shape index (κ2) is 15.1. The first-order chi connectivity index (χ1) is 21.2. The zero-order chi connectivity index (χ0) is 35.1. The summed E-state index contributed by atoms with van der Waals surface area (Å²) in [5, 5.41) is 0.895. The molecular weight excluding hydrogens is 682 g/mol. The molecule has 0 atom stereocenters. The molecule has 256 valence electrons. The van der Waals surface area contributed by atoms with Gasteiger partial charge in [0.2, 0.25) is 0 Å². The van der Waals surface area contributed by atoms with Crippen molar-refractivity contribution in [1.29, 1.82) is 0 Å². The van der Waals surface area contributed by atoms with E-state index in [1.165, 1.54) is 85.6 Å². The summed E-state index contributed by atoms with van der Waals surface area (Å²) in [6.07, 6.45) is -8.30. The van der Waals surface area contributed by atoms with E-state index < -0.39 is 55.6 Å². The lowest BCUT2D eigenvalue weighted by molar-refractivity contribution is -0.439. The van der Waals surface area contributed by atoms with Crippen LogP contribution in [0.5, 0.6) is 0 Å². The number of halogens is 13. The minimum Gasteiger partial charge on any atom is -0.428 e. The Morgan fingerprint density at radius 3 is 1.17 bits per heavy atom. The number of unbranched alkanes of at least 4 members (excludes halogenated alkanes) is 1. The van der Waals surface area contributed by atoms with E-state index in [1.807, 2.05) is 0 Å². The van der Waals surface area contributed by atoms with Gasteiger partial charge in [-0.15, -0.1) is 0 Å². The molecule has 0 amide bonds. The van der Waals surface area contributed by atoms with E-state index in [-0.39, 0.29) is 0 Å². The van der Waals surface area contributed by atoms with Gasteiger partial charge in [-0.1, -0.05) is 67.9 Å². The summed E-state index contributed by atoms with van der Waals surface area (Å²) in [4.78, 5) is 0. The fourth-order valence-corrected chi connectivity index (χ4v) is 9.05. The molecule has 0 bridgehead atoms. The third-order valence-corrected chi connectivity index (χ3v) is 11.9. The number of hydrogen-bond donors (Lipinski definition) is 0. The molecule has 0 saturated heterocycles. The van der Waals surface area contributed by atoms with Crippen LogP contribution in [0.25, 0.3) is 0 Å². The molecule has 0 heterocycles. The summed E-state index contributed by atoms with van der Waals surface area (Å²) < 4.78 is 183. The van der Waals surface area contributed by atoms with Crippen molar-refractivity contribution in [3.63, 3.8) is 0 Å². The molecule has 0 aliphatic carbocycles. The first-order valence-electron chi connectivity index (χ1n) is 13.7. The smallest absolute Gasteiger partial charge is 0.428 e. The lowest BCUT2D eigenvalue weighted by Crippen LogP contribution is -2.70. The van der Waals surface area contributed by atoms with Crippen molar-refractivity contribution >= 4 is 33.7 Å². The van der Waals surface area contributed by atoms with Crippen LogP contribution in [0.3, 0.4) is 0 Å². The summed E-state index contributed by atoms with van der Waals surface area (Å²) in [7, 11) is -2.54. The second-order valence-electron chi connectivity index (χ2n) is 10.1. The minimum absolute atomic E-state index is 0.298. The summed E-state index contributed by atoms with van der Waals surface area (Å²) in [6, 6.07) is 22.3. The molecule has 16 heteroatoms. The predicted octanol–water partition coefficient (Wildman–Crippen LogP) is 8.19. The Balaban J connectivity index is 0.00000112. The maximum atomic E-state index is 14.9. The minimum atomic E-state index is -7.92. The first-order valence-corrected chi connectivity index (χ1v) is 16.5. The van der Waals surface area contributed by atoms with Gasteiger partial charge in [-0.2, -0.15) is 57.1 Å². The SMILES string of the molecule is CCCCO[SiH3].FC(F)(F)C(F)(F)C(F)(F)C(F)(F)C(F)(F)C(F)(F)CC[P+](c1ccccc1)(c1ccccc1)c1ccccc1. The number of benzene rings is 3. The molecule has 0 radical (unpaired) electrons. The fraction of sp³-hybridized carbons (Fsp3) is 0.400. The van der Waals surface area contributed by atoms with E-state index in [0.717, 1.165) is 17.1 Å². The van der Waals surface area contributed by atoms with Gasteiger partial charge in [0.15, 0.2) is 0 Å². The van der Waals surface area contributed by atoms with Crippen molar-refractivity contribution in [1.82, 2.24) is 0 Å². The average molecular weight is 714 g/mol. The molecular formula is C30H31F13OPSi+. The van der Waals surface area contributed by atoms with E-state index in [4.69, 9.17) is 4.43 Å². The third kappa shape index (κ3) is 7.57. The van der Waals surface area contributed by atoms with Gasteiger partial charge in [-0.3, -0.25) is 0 Å². The molecule has 3 rings (SSSR count). The Bertz CT molecular complexity index is 1240. The lowest BCUT2D eigenvalue weighted by atomic mass is 9.93. The highest BCUT2D eigenvalue weighted by atomic mass is 31.2. The van der Waals surface area contributed by atoms with Crippen LogP contribution in [-0.2, 0) is 4.43 Å². The maximum absolute atomic E-state index is 14.9. The molecule has 0 aliphatic heterocycles. The molecule has 3 aromatic rings. The van der Waals surface area contributed by atoms with Gasteiger partial charge in [0.1, 0.15) is 33.7 Å². The van der Waals surface area contributed by atoms with Crippen molar-refractivity contribution in [2.45, 2.75) is 62.0 Å². The van der Waals surface area contributed by atoms with Crippen LogP contribution in [0.4, 0.5) is 57.1 Å². The van der Waals surface area contributed by atoms with E-state index in [9.17, 15) is 57.1 Å². The van der Waals surface area contributed by atoms with Gasteiger partial charge in [0.25, 0.3) is 0 Å². The molecule has 0 aliphatic rings. The lowest BCUT2D eigenvalue weighted by Gasteiger charge is -2.40. The molecule has 3 aromatic carbocycles. The van der Waals surface area contributed by atoms with Crippen LogP contribution >= 0.6 is 7.26 Å². The van der Waals surface area contributed by atoms with Crippen LogP contribution in [0.2, 0.25) is 0 Å². The Morgan fingerprint density at radius 2 is 0.891 bits per heavy atom. The number of hydrogen-bond acceptors (Lipinski definition) is 1. The monoisotopic (exact) mass is 713 g/mol. The van der Waals surface area contributed by atoms with Crippen LogP contribution < -0.4 is 15.9 Å². The molecule has 0 saturated carbocycles. The van der Waals surface area contributed by atoms with Crippen LogP contribution in [-0.4, -0.2) is 59.0 Å². The summed E-state index contributed by atoms with van der Waals surface area (Å²) in [6.45, 7) is 3.14. The van der Waals surface area contributed by atoms with Crippen molar-refractivity contribution in [3.05, 3.63) is 91.0 Å². The molecule has 0 fully saturated rings. The standard InChI is InChI=1S/C26H19F13P.C4H12OSi/c27-21(28,22(29,30)23(31,32)24(33,34)25(35,36)26(37,38)39)16-17-40(18-10-4-1-5-11-18,19-12-6-2-7-13-19)20-14-8-3-9-15-20;1-2-3-4-5-6/h1-15H,16-17H2;2-4H2,1,6H3/q+1;. The van der Waals surface area contributed by atoms with Crippen LogP contribution in [0.1, 0.15) is 26.2 Å². The number of rotatable bonds is 13. The second-order valence-corrected chi connectivity index (χ2v) is 14.3. The van der Waals surface area contributed by atoms with Gasteiger partial charge in [-0.05, 0) is 42.8 Å². The highest BCUT2D eigenvalue weighted by Crippen LogP contribution is 2.63. The zero-order valence-electron chi connectivity index (χ0n) is 24.5. The average Bonchev–Trinajstić information content (AvgIpc) is 3.01. The van der Waals surface area contributed by atoms with E-state index in [1.54, 1.807) is 18.2 Å². The Hall–Kier alpha value is -2.64. The van der Waals surface area contributed by atoms with Crippen LogP contribution in [0.15, 0.2) is 91.0 Å². The van der Waals surface area contributed by atoms with Gasteiger partial charge in [0.05, 0.1) is 12.6 Å². The molecule has 0 aromatic heterocycles. The van der Waals surface area contributed by atoms with E-state index in [2.05, 4.69) is 6.92 Å². The highest BCUT2D eigenvalue weighted by molar-refractivity contribution is 7.95. The summed E-state index contributed by atoms with van der Waals surface area (Å²) in [5.41, 5.74) is 0. The van der Waals surface area contributed by atoms with Gasteiger partial charge in [0, 0.05) is 6.61 Å². The topological polar surface area (TPSA) is 9.23 Å². The quantitative estimate of drug-likeness (QED) is 0.0752. The largest absolute Gasteiger partial charge is 0.460 e. The normalized spacial score (nSPS) is 13.7. The van der Waals surface area contributed by atoms with Crippen molar-refractivity contribution in [2.75, 3.05) is 12.8 Å². The van der Waals surface area contributed by atoms with Crippen molar-refractivity contribution < 1.29 is 61.5 Å². The van der Waals surface area contributed by atoms with E-state index >= 15 is 0 Å². The molecule has 46 heavy (non-hydrogen) atoms. The van der Waals surface area contributed by atoms with Gasteiger partial charge >= 0.3 is 35.8 Å². The molecule has 0 unspecified atom stereocenters. The fourth-order valence-electron chi connectivity index (χ4n) is 4.44. The Kier molecular flexibility index (Phi) is 12.9. The van der Waals surface area contributed by atoms with Gasteiger partial charge < -0.3 is 4.43 Å². The Morgan fingerprint density at radius 1 is 0.543 bits per heavy atom. The number of alkyl halides is 13. The molecule has 0 spiro atoms. The molecule has 0 N–H and O–H groups in total. The summed E-state index contributed by atoms with van der Waals surface area (Å²) >= 11 is 0. The first kappa shape index (κ1) is 39.5. The van der Waals surface area contributed by atoms with E-state index in [0.29, 0.717) is 15.9 Å². The van der Waals surface area contributed by atoms with Crippen molar-refractivity contribution in [2.24, 2.45) is 0 Å². The third-order valence-electron chi connectivity index (χ3n) is 7.05. The Labute approximate surface area is 261 Å². The summed E-state index contributed by atoms with van der Waals surface area (Å²) in [5.74, 6) is -37.0. The maximum Gasteiger partial charge on any atom is 0.460 e. The van der Waals surface area contributed by atoms with Crippen LogP contribution in [0, 0.1) is 0 Å². The van der Waals surface area contributed by atoms with Gasteiger partial charge in [-0.25, -0.2) is 0 Å². The zero-order valence-corrected chi connectivity index (χ0v) is 27.4. The predicted molar refractivity (Wildman–Crippen MR) is 156 cm³/mol. The highest BCUT2D eigenvalue weighted by Gasteiger charge is 2.90. The van der Waals surface area contributed by atoms with Crippen molar-refractivity contribution in [3.8, 4) is 0 Å².